The maximum absolute atomic E-state index is 10.9. The number of anilines is 1. The van der Waals surface area contributed by atoms with Gasteiger partial charge in [0, 0.05) is 23.2 Å². The fourth-order valence-corrected chi connectivity index (χ4v) is 2.37. The second-order valence-electron chi connectivity index (χ2n) is 4.52. The van der Waals surface area contributed by atoms with Gasteiger partial charge in [0.15, 0.2) is 0 Å². The molecular weight excluding hydrogens is 284 g/mol. The number of hydrogen-bond acceptors (Lipinski definition) is 3. The topological polar surface area (TPSA) is 61.4 Å². The van der Waals surface area contributed by atoms with Gasteiger partial charge in [0.25, 0.3) is 0 Å². The van der Waals surface area contributed by atoms with Gasteiger partial charge in [0.1, 0.15) is 0 Å². The molecule has 1 saturated heterocycles. The molecule has 0 bridgehead atoms. The number of rotatable bonds is 4. The number of nitrogens with one attached hydrogen (secondary N) is 2. The summed E-state index contributed by atoms with van der Waals surface area (Å²) in [5.74, 6) is -0.775. The van der Waals surface area contributed by atoms with Gasteiger partial charge < -0.3 is 15.7 Å². The highest BCUT2D eigenvalue weighted by atomic mass is 79.9. The Hall–Kier alpha value is -1.07. The van der Waals surface area contributed by atoms with Gasteiger partial charge in [-0.05, 0) is 34.5 Å². The predicted octanol–water partition coefficient (Wildman–Crippen LogP) is 1.99. The first-order valence-electron chi connectivity index (χ1n) is 5.48. The monoisotopic (exact) mass is 298 g/mol. The SMILES string of the molecule is Cc1cccc(NC2(CC(=O)O)CNC2)c1Br. The molecule has 0 aliphatic carbocycles. The molecule has 17 heavy (non-hydrogen) atoms. The molecule has 0 spiro atoms. The Kier molecular flexibility index (Phi) is 3.40. The molecule has 0 radical (unpaired) electrons. The number of hydrogen-bond donors (Lipinski definition) is 3. The highest BCUT2D eigenvalue weighted by molar-refractivity contribution is 9.10. The first-order valence-corrected chi connectivity index (χ1v) is 6.28. The van der Waals surface area contributed by atoms with Crippen molar-refractivity contribution < 1.29 is 9.90 Å². The zero-order valence-electron chi connectivity index (χ0n) is 9.59. The molecule has 5 heteroatoms. The lowest BCUT2D eigenvalue weighted by Gasteiger charge is -2.43. The number of aryl methyl sites for hydroxylation is 1. The summed E-state index contributed by atoms with van der Waals surface area (Å²) in [5.41, 5.74) is 1.72. The van der Waals surface area contributed by atoms with Crippen LogP contribution < -0.4 is 10.6 Å². The van der Waals surface area contributed by atoms with E-state index in [0.29, 0.717) is 13.1 Å². The first-order chi connectivity index (χ1) is 8.02. The van der Waals surface area contributed by atoms with Crippen molar-refractivity contribution in [2.75, 3.05) is 18.4 Å². The Labute approximate surface area is 109 Å². The van der Waals surface area contributed by atoms with Crippen molar-refractivity contribution in [3.63, 3.8) is 0 Å². The molecule has 1 heterocycles. The van der Waals surface area contributed by atoms with Crippen LogP contribution in [0, 0.1) is 6.92 Å². The molecule has 1 aliphatic heterocycles. The molecule has 0 aromatic heterocycles. The van der Waals surface area contributed by atoms with Gasteiger partial charge in [-0.3, -0.25) is 4.79 Å². The summed E-state index contributed by atoms with van der Waals surface area (Å²) in [6.07, 6.45) is 0.125. The summed E-state index contributed by atoms with van der Waals surface area (Å²) in [4.78, 5) is 10.9. The third kappa shape index (κ3) is 2.61. The molecular formula is C12H15BrN2O2. The fraction of sp³-hybridized carbons (Fsp3) is 0.417. The van der Waals surface area contributed by atoms with Crippen molar-refractivity contribution in [3.05, 3.63) is 28.2 Å². The van der Waals surface area contributed by atoms with Crippen molar-refractivity contribution >= 4 is 27.6 Å². The summed E-state index contributed by atoms with van der Waals surface area (Å²) in [5, 5.41) is 15.4. The number of carboxylic acids is 1. The smallest absolute Gasteiger partial charge is 0.305 e. The first kappa shape index (κ1) is 12.4. The Bertz CT molecular complexity index is 444. The van der Waals surface area contributed by atoms with Crippen molar-refractivity contribution in [2.45, 2.75) is 18.9 Å². The Morgan fingerprint density at radius 1 is 1.59 bits per heavy atom. The number of benzene rings is 1. The van der Waals surface area contributed by atoms with Crippen molar-refractivity contribution in [3.8, 4) is 0 Å². The van der Waals surface area contributed by atoms with Crippen LogP contribution in [0.15, 0.2) is 22.7 Å². The van der Waals surface area contributed by atoms with Crippen molar-refractivity contribution in [1.82, 2.24) is 5.32 Å². The van der Waals surface area contributed by atoms with Crippen LogP contribution in [0.5, 0.6) is 0 Å². The van der Waals surface area contributed by atoms with Crippen LogP contribution in [0.4, 0.5) is 5.69 Å². The summed E-state index contributed by atoms with van der Waals surface area (Å²) in [7, 11) is 0. The average molecular weight is 299 g/mol. The molecule has 0 atom stereocenters. The second kappa shape index (κ2) is 4.66. The largest absolute Gasteiger partial charge is 0.481 e. The average Bonchev–Trinajstić information content (AvgIpc) is 2.21. The van der Waals surface area contributed by atoms with E-state index in [0.717, 1.165) is 15.7 Å². The fourth-order valence-electron chi connectivity index (χ4n) is 2.00. The van der Waals surface area contributed by atoms with Crippen LogP contribution in [0.3, 0.4) is 0 Å². The van der Waals surface area contributed by atoms with Crippen LogP contribution in [0.2, 0.25) is 0 Å². The van der Waals surface area contributed by atoms with Crippen LogP contribution in [-0.2, 0) is 4.79 Å². The standard InChI is InChI=1S/C12H15BrN2O2/c1-8-3-2-4-9(11(8)13)15-12(5-10(16)17)6-14-7-12/h2-4,14-15H,5-7H2,1H3,(H,16,17). The molecule has 1 fully saturated rings. The van der Waals surface area contributed by atoms with Gasteiger partial charge in [-0.2, -0.15) is 0 Å². The summed E-state index contributed by atoms with van der Waals surface area (Å²) in [6.45, 7) is 3.37. The minimum absolute atomic E-state index is 0.125. The lowest BCUT2D eigenvalue weighted by molar-refractivity contribution is -0.138. The number of carboxylic acid groups (broad SMARTS) is 1. The third-order valence-electron chi connectivity index (χ3n) is 3.01. The normalized spacial score (nSPS) is 17.3. The molecule has 1 aromatic carbocycles. The van der Waals surface area contributed by atoms with E-state index < -0.39 is 5.97 Å². The quantitative estimate of drug-likeness (QED) is 0.795. The zero-order valence-corrected chi connectivity index (χ0v) is 11.2. The molecule has 1 aliphatic rings. The second-order valence-corrected chi connectivity index (χ2v) is 5.31. The van der Waals surface area contributed by atoms with Crippen LogP contribution in [-0.4, -0.2) is 29.7 Å². The molecule has 2 rings (SSSR count). The van der Waals surface area contributed by atoms with E-state index in [-0.39, 0.29) is 12.0 Å². The summed E-state index contributed by atoms with van der Waals surface area (Å²) in [6, 6.07) is 5.93. The van der Waals surface area contributed by atoms with E-state index in [1.165, 1.54) is 0 Å². The van der Waals surface area contributed by atoms with Gasteiger partial charge in [-0.1, -0.05) is 12.1 Å². The molecule has 3 N–H and O–H groups in total. The van der Waals surface area contributed by atoms with Crippen molar-refractivity contribution in [2.24, 2.45) is 0 Å². The Morgan fingerprint density at radius 3 is 2.82 bits per heavy atom. The van der Waals surface area contributed by atoms with E-state index in [9.17, 15) is 4.79 Å². The Morgan fingerprint density at radius 2 is 2.29 bits per heavy atom. The summed E-state index contributed by atoms with van der Waals surface area (Å²) >= 11 is 3.52. The van der Waals surface area contributed by atoms with E-state index in [1.807, 2.05) is 25.1 Å². The van der Waals surface area contributed by atoms with E-state index >= 15 is 0 Å². The van der Waals surface area contributed by atoms with E-state index in [2.05, 4.69) is 26.6 Å². The third-order valence-corrected chi connectivity index (χ3v) is 4.06. The number of halogens is 1. The maximum Gasteiger partial charge on any atom is 0.305 e. The highest BCUT2D eigenvalue weighted by Gasteiger charge is 2.39. The number of carbonyl (C=O) groups is 1. The minimum Gasteiger partial charge on any atom is -0.481 e. The van der Waals surface area contributed by atoms with Gasteiger partial charge in [-0.15, -0.1) is 0 Å². The zero-order chi connectivity index (χ0) is 12.5. The lowest BCUT2D eigenvalue weighted by atomic mass is 9.88. The highest BCUT2D eigenvalue weighted by Crippen LogP contribution is 2.30. The molecule has 0 amide bonds. The van der Waals surface area contributed by atoms with Crippen LogP contribution in [0.1, 0.15) is 12.0 Å². The minimum atomic E-state index is -0.775. The summed E-state index contributed by atoms with van der Waals surface area (Å²) < 4.78 is 0.997. The van der Waals surface area contributed by atoms with Crippen LogP contribution >= 0.6 is 15.9 Å². The van der Waals surface area contributed by atoms with Crippen LogP contribution in [0.25, 0.3) is 0 Å². The molecule has 0 saturated carbocycles. The van der Waals surface area contributed by atoms with Gasteiger partial charge in [0.2, 0.25) is 0 Å². The number of aliphatic carboxylic acids is 1. The van der Waals surface area contributed by atoms with E-state index in [4.69, 9.17) is 5.11 Å². The molecule has 0 unspecified atom stereocenters. The van der Waals surface area contributed by atoms with Crippen molar-refractivity contribution in [1.29, 1.82) is 0 Å². The van der Waals surface area contributed by atoms with Gasteiger partial charge in [-0.25, -0.2) is 0 Å². The molecule has 1 aromatic rings. The lowest BCUT2D eigenvalue weighted by Crippen LogP contribution is -2.65. The van der Waals surface area contributed by atoms with Gasteiger partial charge >= 0.3 is 5.97 Å². The predicted molar refractivity (Wildman–Crippen MR) is 70.4 cm³/mol. The molecule has 4 nitrogen and oxygen atoms in total. The molecule has 92 valence electrons. The Balaban J connectivity index is 2.18. The van der Waals surface area contributed by atoms with Gasteiger partial charge in [0.05, 0.1) is 12.0 Å². The van der Waals surface area contributed by atoms with E-state index in [1.54, 1.807) is 0 Å². The maximum atomic E-state index is 10.9.